The van der Waals surface area contributed by atoms with Gasteiger partial charge in [0.1, 0.15) is 0 Å². The van der Waals surface area contributed by atoms with E-state index in [-0.39, 0.29) is 12.5 Å². The number of rotatable bonds is 5. The van der Waals surface area contributed by atoms with E-state index in [1.165, 1.54) is 0 Å². The van der Waals surface area contributed by atoms with Crippen molar-refractivity contribution < 1.29 is 14.4 Å². The smallest absolute Gasteiger partial charge is 0.328 e. The Kier molecular flexibility index (Phi) is 5.73. The SMILES string of the molecule is CC(C)OCCC(=O)ONN. The number of carbonyl (C=O) groups excluding carboxylic acids is 1. The molecule has 0 aromatic carbocycles. The molecule has 0 aromatic heterocycles. The quantitative estimate of drug-likeness (QED) is 0.429. The second-order valence-corrected chi connectivity index (χ2v) is 2.26. The molecule has 0 rings (SSSR count). The van der Waals surface area contributed by atoms with Gasteiger partial charge in [0.15, 0.2) is 0 Å². The molecule has 0 aliphatic rings. The Morgan fingerprint density at radius 1 is 1.64 bits per heavy atom. The van der Waals surface area contributed by atoms with E-state index in [2.05, 4.69) is 4.84 Å². The van der Waals surface area contributed by atoms with E-state index in [4.69, 9.17) is 10.6 Å². The van der Waals surface area contributed by atoms with E-state index >= 15 is 0 Å². The first-order chi connectivity index (χ1) is 5.16. The van der Waals surface area contributed by atoms with Crippen molar-refractivity contribution in [3.05, 3.63) is 0 Å². The van der Waals surface area contributed by atoms with Crippen molar-refractivity contribution in [3.63, 3.8) is 0 Å². The molecular weight excluding hydrogens is 148 g/mol. The molecule has 66 valence electrons. The summed E-state index contributed by atoms with van der Waals surface area (Å²) in [5.74, 6) is 4.30. The zero-order valence-corrected chi connectivity index (χ0v) is 6.79. The molecule has 0 fully saturated rings. The molecule has 0 bridgehead atoms. The Labute approximate surface area is 65.8 Å². The molecule has 0 unspecified atom stereocenters. The maximum absolute atomic E-state index is 10.6. The highest BCUT2D eigenvalue weighted by Gasteiger charge is 2.02. The first kappa shape index (κ1) is 10.3. The maximum atomic E-state index is 10.6. The Balaban J connectivity index is 3.17. The summed E-state index contributed by atoms with van der Waals surface area (Å²) in [5.41, 5.74) is 1.80. The fraction of sp³-hybridized carbons (Fsp3) is 0.833. The Hall–Kier alpha value is -0.650. The van der Waals surface area contributed by atoms with Crippen LogP contribution in [0.2, 0.25) is 0 Å². The van der Waals surface area contributed by atoms with E-state index in [9.17, 15) is 4.79 Å². The highest BCUT2D eigenvalue weighted by molar-refractivity contribution is 5.69. The number of ether oxygens (including phenoxy) is 1. The molecule has 0 atom stereocenters. The fourth-order valence-electron chi connectivity index (χ4n) is 0.495. The second-order valence-electron chi connectivity index (χ2n) is 2.26. The van der Waals surface area contributed by atoms with Crippen molar-refractivity contribution in [2.45, 2.75) is 26.4 Å². The average Bonchev–Trinajstić information content (AvgIpc) is 1.87. The van der Waals surface area contributed by atoms with Crippen molar-refractivity contribution in [2.24, 2.45) is 5.84 Å². The van der Waals surface area contributed by atoms with Gasteiger partial charge in [0.2, 0.25) is 0 Å². The molecule has 0 heterocycles. The highest BCUT2D eigenvalue weighted by Crippen LogP contribution is 1.90. The van der Waals surface area contributed by atoms with Crippen LogP contribution >= 0.6 is 0 Å². The number of hydrogen-bond acceptors (Lipinski definition) is 5. The van der Waals surface area contributed by atoms with Gasteiger partial charge in [-0.05, 0) is 13.8 Å². The van der Waals surface area contributed by atoms with E-state index in [1.54, 1.807) is 5.59 Å². The molecule has 0 aliphatic heterocycles. The van der Waals surface area contributed by atoms with Crippen LogP contribution in [0.3, 0.4) is 0 Å². The van der Waals surface area contributed by atoms with Crippen LogP contribution in [0.1, 0.15) is 20.3 Å². The van der Waals surface area contributed by atoms with Crippen LogP contribution in [0.5, 0.6) is 0 Å². The lowest BCUT2D eigenvalue weighted by atomic mass is 10.4. The number of hydrogen-bond donors (Lipinski definition) is 2. The van der Waals surface area contributed by atoms with Gasteiger partial charge in [-0.25, -0.2) is 5.84 Å². The Bertz CT molecular complexity index is 116. The molecule has 3 N–H and O–H groups in total. The standard InChI is InChI=1S/C6H14N2O3/c1-5(2)10-4-3-6(9)11-8-7/h5,8H,3-4,7H2,1-2H3. The maximum Gasteiger partial charge on any atom is 0.328 e. The predicted molar refractivity (Wildman–Crippen MR) is 39.1 cm³/mol. The first-order valence-corrected chi connectivity index (χ1v) is 3.43. The third-order valence-electron chi connectivity index (χ3n) is 0.930. The largest absolute Gasteiger partial charge is 0.378 e. The monoisotopic (exact) mass is 162 g/mol. The summed E-state index contributed by atoms with van der Waals surface area (Å²) in [6.07, 6.45) is 0.344. The molecule has 0 radical (unpaired) electrons. The van der Waals surface area contributed by atoms with Gasteiger partial charge >= 0.3 is 5.97 Å². The van der Waals surface area contributed by atoms with Gasteiger partial charge in [0, 0.05) is 0 Å². The zero-order chi connectivity index (χ0) is 8.69. The van der Waals surface area contributed by atoms with Crippen molar-refractivity contribution >= 4 is 5.97 Å². The van der Waals surface area contributed by atoms with Crippen molar-refractivity contribution in [1.29, 1.82) is 0 Å². The topological polar surface area (TPSA) is 73.6 Å². The molecule has 5 heteroatoms. The summed E-state index contributed by atoms with van der Waals surface area (Å²) >= 11 is 0. The van der Waals surface area contributed by atoms with Gasteiger partial charge < -0.3 is 9.57 Å². The summed E-state index contributed by atoms with van der Waals surface area (Å²) in [6.45, 7) is 4.15. The number of nitrogens with two attached hydrogens (primary N) is 1. The molecule has 0 amide bonds. The van der Waals surface area contributed by atoms with Crippen LogP contribution in [0, 0.1) is 0 Å². The third-order valence-corrected chi connectivity index (χ3v) is 0.930. The van der Waals surface area contributed by atoms with Crippen LogP contribution in [0.25, 0.3) is 0 Å². The van der Waals surface area contributed by atoms with Crippen molar-refractivity contribution in [1.82, 2.24) is 5.59 Å². The summed E-state index contributed by atoms with van der Waals surface area (Å²) in [7, 11) is 0. The predicted octanol–water partition coefficient (Wildman–Crippen LogP) is -0.277. The fourth-order valence-corrected chi connectivity index (χ4v) is 0.495. The Morgan fingerprint density at radius 2 is 2.27 bits per heavy atom. The Morgan fingerprint density at radius 3 is 2.73 bits per heavy atom. The van der Waals surface area contributed by atoms with Gasteiger partial charge in [0.25, 0.3) is 0 Å². The van der Waals surface area contributed by atoms with E-state index in [1.807, 2.05) is 13.8 Å². The van der Waals surface area contributed by atoms with Crippen LogP contribution < -0.4 is 11.4 Å². The average molecular weight is 162 g/mol. The van der Waals surface area contributed by atoms with Gasteiger partial charge in [-0.2, -0.15) is 0 Å². The minimum Gasteiger partial charge on any atom is -0.378 e. The van der Waals surface area contributed by atoms with E-state index < -0.39 is 5.97 Å². The number of hydrazine groups is 1. The first-order valence-electron chi connectivity index (χ1n) is 3.43. The summed E-state index contributed by atoms with van der Waals surface area (Å²) < 4.78 is 5.09. The lowest BCUT2D eigenvalue weighted by Crippen LogP contribution is -2.26. The normalized spacial score (nSPS) is 10.2. The van der Waals surface area contributed by atoms with E-state index in [0.717, 1.165) is 0 Å². The molecule has 5 nitrogen and oxygen atoms in total. The van der Waals surface area contributed by atoms with Crippen molar-refractivity contribution in [2.75, 3.05) is 6.61 Å². The number of nitrogens with one attached hydrogen (secondary N) is 1. The lowest BCUT2D eigenvalue weighted by molar-refractivity contribution is -0.152. The highest BCUT2D eigenvalue weighted by atomic mass is 16.7. The lowest BCUT2D eigenvalue weighted by Gasteiger charge is -2.05. The third kappa shape index (κ3) is 7.24. The molecule has 0 aromatic rings. The second kappa shape index (κ2) is 6.09. The van der Waals surface area contributed by atoms with Gasteiger partial charge in [-0.3, -0.25) is 4.79 Å². The summed E-state index contributed by atoms with van der Waals surface area (Å²) in [5, 5.41) is 0. The van der Waals surface area contributed by atoms with Crippen LogP contribution in [-0.2, 0) is 14.4 Å². The molecule has 0 aliphatic carbocycles. The summed E-state index contributed by atoms with van der Waals surface area (Å²) in [6, 6.07) is 0. The molecule has 0 saturated carbocycles. The minimum absolute atomic E-state index is 0.133. The van der Waals surface area contributed by atoms with Crippen molar-refractivity contribution in [3.8, 4) is 0 Å². The van der Waals surface area contributed by atoms with Crippen LogP contribution in [-0.4, -0.2) is 18.7 Å². The molecule has 0 spiro atoms. The molecular formula is C6H14N2O3. The van der Waals surface area contributed by atoms with E-state index in [0.29, 0.717) is 6.61 Å². The summed E-state index contributed by atoms with van der Waals surface area (Å²) in [4.78, 5) is 14.8. The minimum atomic E-state index is -0.423. The van der Waals surface area contributed by atoms with Gasteiger partial charge in [0.05, 0.1) is 19.1 Å². The molecule has 11 heavy (non-hydrogen) atoms. The van der Waals surface area contributed by atoms with Crippen LogP contribution in [0.15, 0.2) is 0 Å². The van der Waals surface area contributed by atoms with Gasteiger partial charge in [-0.15, -0.1) is 0 Å². The number of carbonyl (C=O) groups is 1. The zero-order valence-electron chi connectivity index (χ0n) is 6.79. The molecule has 0 saturated heterocycles. The van der Waals surface area contributed by atoms with Gasteiger partial charge in [-0.1, -0.05) is 5.59 Å². The van der Waals surface area contributed by atoms with Crippen LogP contribution in [0.4, 0.5) is 0 Å².